The lowest BCUT2D eigenvalue weighted by atomic mass is 9.72. The molecule has 2 atom stereocenters. The Morgan fingerprint density at radius 3 is 2.87 bits per heavy atom. The molecule has 2 aromatic carbocycles. The van der Waals surface area contributed by atoms with Crippen LogP contribution < -0.4 is 10.1 Å². The molecule has 1 spiro atoms. The number of ether oxygens (including phenoxy) is 1. The van der Waals surface area contributed by atoms with E-state index < -0.39 is 11.5 Å². The molecular formula is C24H22N4O3. The molecule has 7 heteroatoms. The molecule has 2 amide bonds. The Morgan fingerprint density at radius 2 is 2.06 bits per heavy atom. The highest BCUT2D eigenvalue weighted by Crippen LogP contribution is 2.55. The van der Waals surface area contributed by atoms with Crippen LogP contribution in [0.2, 0.25) is 0 Å². The van der Waals surface area contributed by atoms with E-state index >= 15 is 0 Å². The molecule has 5 rings (SSSR count). The molecule has 0 radical (unpaired) electrons. The number of hydrogen-bond acceptors (Lipinski definition) is 5. The minimum Gasteiger partial charge on any atom is -0.497 e. The molecule has 0 bridgehead atoms. The number of nitrogens with one attached hydrogen (secondary N) is 1. The van der Waals surface area contributed by atoms with Crippen molar-refractivity contribution in [1.29, 1.82) is 0 Å². The summed E-state index contributed by atoms with van der Waals surface area (Å²) in [6.07, 6.45) is 3.49. The zero-order valence-electron chi connectivity index (χ0n) is 17.3. The first-order valence-electron chi connectivity index (χ1n) is 10.2. The number of carbonyl (C=O) groups is 2. The van der Waals surface area contributed by atoms with Crippen LogP contribution in [0.1, 0.15) is 39.6 Å². The molecule has 2 aliphatic heterocycles. The third-order valence-corrected chi connectivity index (χ3v) is 6.40. The Hall–Kier alpha value is -3.74. The van der Waals surface area contributed by atoms with Crippen molar-refractivity contribution in [2.75, 3.05) is 19.0 Å². The monoisotopic (exact) mass is 414 g/mol. The van der Waals surface area contributed by atoms with Crippen molar-refractivity contribution in [2.24, 2.45) is 0 Å². The van der Waals surface area contributed by atoms with E-state index in [1.165, 1.54) is 6.33 Å². The molecule has 3 aromatic rings. The highest BCUT2D eigenvalue weighted by atomic mass is 16.5. The van der Waals surface area contributed by atoms with Gasteiger partial charge in [-0.05, 0) is 42.7 Å². The van der Waals surface area contributed by atoms with Crippen molar-refractivity contribution in [3.8, 4) is 5.75 Å². The van der Waals surface area contributed by atoms with Gasteiger partial charge in [0.1, 0.15) is 17.5 Å². The zero-order valence-corrected chi connectivity index (χ0v) is 17.3. The molecule has 31 heavy (non-hydrogen) atoms. The number of para-hydroxylation sites is 1. The average molecular weight is 414 g/mol. The zero-order chi connectivity index (χ0) is 21.6. The lowest BCUT2D eigenvalue weighted by Gasteiger charge is -2.34. The molecule has 3 heterocycles. The molecule has 1 aromatic heterocycles. The Kier molecular flexibility index (Phi) is 4.46. The maximum atomic E-state index is 13.6. The number of amides is 2. The third kappa shape index (κ3) is 2.80. The van der Waals surface area contributed by atoms with Crippen LogP contribution in [-0.4, -0.2) is 40.3 Å². The second-order valence-corrected chi connectivity index (χ2v) is 7.92. The molecule has 1 N–H and O–H groups in total. The topological polar surface area (TPSA) is 84.4 Å². The van der Waals surface area contributed by atoms with Crippen LogP contribution in [0.15, 0.2) is 61.1 Å². The number of rotatable bonds is 3. The maximum absolute atomic E-state index is 13.6. The highest BCUT2D eigenvalue weighted by Gasteiger charge is 2.59. The number of aryl methyl sites for hydroxylation is 1. The molecule has 156 valence electrons. The summed E-state index contributed by atoms with van der Waals surface area (Å²) in [5.41, 5.74) is 2.76. The van der Waals surface area contributed by atoms with E-state index in [1.807, 2.05) is 48.5 Å². The van der Waals surface area contributed by atoms with Gasteiger partial charge in [0.05, 0.1) is 24.4 Å². The lowest BCUT2D eigenvalue weighted by Crippen LogP contribution is -2.42. The van der Waals surface area contributed by atoms with Crippen LogP contribution in [0, 0.1) is 6.92 Å². The standard InChI is InChI=1S/C24H22N4O3/c1-15-18(13-25-14-26-15)22(29)28-11-10-24(19-8-3-4-9-20(19)27-23(24)30)21(28)16-6-5-7-17(12-16)31-2/h3-9,12-14,21H,10-11H2,1-2H3,(H,27,30)/t21-,24+/m0/s1. The van der Waals surface area contributed by atoms with Gasteiger partial charge >= 0.3 is 0 Å². The van der Waals surface area contributed by atoms with E-state index in [-0.39, 0.29) is 11.8 Å². The van der Waals surface area contributed by atoms with Gasteiger partial charge in [0.2, 0.25) is 5.91 Å². The van der Waals surface area contributed by atoms with Crippen LogP contribution in [0.4, 0.5) is 5.69 Å². The number of anilines is 1. The first kappa shape index (κ1) is 19.2. The summed E-state index contributed by atoms with van der Waals surface area (Å²) >= 11 is 0. The fraction of sp³-hybridized carbons (Fsp3) is 0.250. The summed E-state index contributed by atoms with van der Waals surface area (Å²) in [6, 6.07) is 14.8. The molecule has 0 unspecified atom stereocenters. The van der Waals surface area contributed by atoms with Gasteiger partial charge in [0, 0.05) is 18.4 Å². The fourth-order valence-electron chi connectivity index (χ4n) is 4.94. The molecular weight excluding hydrogens is 392 g/mol. The Balaban J connectivity index is 1.69. The molecule has 7 nitrogen and oxygen atoms in total. The second-order valence-electron chi connectivity index (χ2n) is 7.92. The smallest absolute Gasteiger partial charge is 0.257 e. The lowest BCUT2D eigenvalue weighted by molar-refractivity contribution is -0.121. The van der Waals surface area contributed by atoms with Gasteiger partial charge in [-0.1, -0.05) is 30.3 Å². The maximum Gasteiger partial charge on any atom is 0.257 e. The van der Waals surface area contributed by atoms with E-state index in [9.17, 15) is 9.59 Å². The predicted molar refractivity (Wildman–Crippen MR) is 115 cm³/mol. The van der Waals surface area contributed by atoms with Gasteiger partial charge in [0.25, 0.3) is 5.91 Å². The summed E-state index contributed by atoms with van der Waals surface area (Å²) in [5, 5.41) is 3.04. The first-order chi connectivity index (χ1) is 15.1. The summed E-state index contributed by atoms with van der Waals surface area (Å²) in [5.74, 6) is 0.413. The minimum atomic E-state index is -0.873. The number of aromatic nitrogens is 2. The van der Waals surface area contributed by atoms with Gasteiger partial charge in [0.15, 0.2) is 0 Å². The summed E-state index contributed by atoms with van der Waals surface area (Å²) in [4.78, 5) is 37.1. The number of benzene rings is 2. The Bertz CT molecular complexity index is 1190. The number of nitrogens with zero attached hydrogens (tertiary/aromatic N) is 3. The first-order valence-corrected chi connectivity index (χ1v) is 10.2. The van der Waals surface area contributed by atoms with E-state index in [0.717, 1.165) is 16.8 Å². The third-order valence-electron chi connectivity index (χ3n) is 6.40. The highest BCUT2D eigenvalue weighted by molar-refractivity contribution is 6.08. The average Bonchev–Trinajstić information content (AvgIpc) is 3.33. The molecule has 0 aliphatic carbocycles. The summed E-state index contributed by atoms with van der Waals surface area (Å²) < 4.78 is 5.44. The van der Waals surface area contributed by atoms with Crippen molar-refractivity contribution in [2.45, 2.75) is 24.8 Å². The quantitative estimate of drug-likeness (QED) is 0.711. The number of fused-ring (bicyclic) bond motifs is 2. The van der Waals surface area contributed by atoms with Crippen molar-refractivity contribution in [3.63, 3.8) is 0 Å². The minimum absolute atomic E-state index is 0.0853. The summed E-state index contributed by atoms with van der Waals surface area (Å²) in [6.45, 7) is 2.23. The van der Waals surface area contributed by atoms with Crippen molar-refractivity contribution < 1.29 is 14.3 Å². The largest absolute Gasteiger partial charge is 0.497 e. The Morgan fingerprint density at radius 1 is 1.23 bits per heavy atom. The van der Waals surface area contributed by atoms with Crippen LogP contribution in [0.25, 0.3) is 0 Å². The Labute approximate surface area is 180 Å². The van der Waals surface area contributed by atoms with Gasteiger partial charge in [-0.2, -0.15) is 0 Å². The van der Waals surface area contributed by atoms with E-state index in [1.54, 1.807) is 25.1 Å². The predicted octanol–water partition coefficient (Wildman–Crippen LogP) is 3.27. The van der Waals surface area contributed by atoms with Gasteiger partial charge in [-0.15, -0.1) is 0 Å². The SMILES string of the molecule is COc1cccc([C@@H]2N(C(=O)c3cncnc3C)CC[C@]23C(=O)Nc2ccccc23)c1. The summed E-state index contributed by atoms with van der Waals surface area (Å²) in [7, 11) is 1.61. The fourth-order valence-corrected chi connectivity index (χ4v) is 4.94. The van der Waals surface area contributed by atoms with Crippen LogP contribution in [0.3, 0.4) is 0 Å². The number of hydrogen-bond donors (Lipinski definition) is 1. The normalized spacial score (nSPS) is 21.8. The van der Waals surface area contributed by atoms with E-state index in [4.69, 9.17) is 4.74 Å². The molecule has 2 aliphatic rings. The number of methoxy groups -OCH3 is 1. The van der Waals surface area contributed by atoms with E-state index in [2.05, 4.69) is 15.3 Å². The van der Waals surface area contributed by atoms with Crippen LogP contribution >= 0.6 is 0 Å². The number of likely N-dealkylation sites (tertiary alicyclic amines) is 1. The van der Waals surface area contributed by atoms with Gasteiger partial charge < -0.3 is 15.0 Å². The van der Waals surface area contributed by atoms with E-state index in [0.29, 0.717) is 30.0 Å². The van der Waals surface area contributed by atoms with Gasteiger partial charge in [-0.3, -0.25) is 9.59 Å². The molecule has 1 fully saturated rings. The van der Waals surface area contributed by atoms with Gasteiger partial charge in [-0.25, -0.2) is 9.97 Å². The van der Waals surface area contributed by atoms with Crippen molar-refractivity contribution in [3.05, 3.63) is 83.4 Å². The number of carbonyl (C=O) groups excluding carboxylic acids is 2. The van der Waals surface area contributed by atoms with Crippen molar-refractivity contribution >= 4 is 17.5 Å². The van der Waals surface area contributed by atoms with Crippen molar-refractivity contribution in [1.82, 2.24) is 14.9 Å². The van der Waals surface area contributed by atoms with Crippen LogP contribution in [0.5, 0.6) is 5.75 Å². The second kappa shape index (κ2) is 7.19. The van der Waals surface area contributed by atoms with Crippen LogP contribution in [-0.2, 0) is 10.2 Å². The molecule has 1 saturated heterocycles. The molecule has 0 saturated carbocycles.